The van der Waals surface area contributed by atoms with E-state index in [9.17, 15) is 18.3 Å². The van der Waals surface area contributed by atoms with E-state index in [1.807, 2.05) is 19.9 Å². The Kier molecular flexibility index (Phi) is 4.13. The zero-order valence-electron chi connectivity index (χ0n) is 12.6. The van der Waals surface area contributed by atoms with Crippen molar-refractivity contribution >= 4 is 16.0 Å². The normalized spacial score (nSPS) is 24.0. The highest BCUT2D eigenvalue weighted by Crippen LogP contribution is 2.33. The highest BCUT2D eigenvalue weighted by Gasteiger charge is 2.42. The number of benzene rings is 1. The fourth-order valence-corrected chi connectivity index (χ4v) is 4.60. The molecule has 1 aromatic rings. The Balaban J connectivity index is 2.37. The Morgan fingerprint density at radius 3 is 2.33 bits per heavy atom. The molecule has 6 heteroatoms. The van der Waals surface area contributed by atoms with Gasteiger partial charge in [-0.05, 0) is 56.9 Å². The molecule has 21 heavy (non-hydrogen) atoms. The fraction of sp³-hybridized carbons (Fsp3) is 0.533. The number of carboxylic acids is 1. The molecule has 1 aliphatic rings. The molecule has 0 spiro atoms. The highest BCUT2D eigenvalue weighted by atomic mass is 32.2. The van der Waals surface area contributed by atoms with E-state index in [-0.39, 0.29) is 11.4 Å². The number of carbonyl (C=O) groups is 1. The van der Waals surface area contributed by atoms with Gasteiger partial charge in [0.1, 0.15) is 0 Å². The Morgan fingerprint density at radius 2 is 1.81 bits per heavy atom. The largest absolute Gasteiger partial charge is 0.481 e. The van der Waals surface area contributed by atoms with Gasteiger partial charge in [0.05, 0.1) is 10.3 Å². The van der Waals surface area contributed by atoms with E-state index in [2.05, 4.69) is 0 Å². The third-order valence-electron chi connectivity index (χ3n) is 4.01. The smallest absolute Gasteiger partial charge is 0.310 e. The summed E-state index contributed by atoms with van der Waals surface area (Å²) in [7, 11) is -3.64. The highest BCUT2D eigenvalue weighted by molar-refractivity contribution is 7.89. The van der Waals surface area contributed by atoms with Crippen molar-refractivity contribution < 1.29 is 18.3 Å². The second-order valence-corrected chi connectivity index (χ2v) is 8.07. The maximum atomic E-state index is 12.7. The molecule has 2 rings (SSSR count). The molecule has 1 saturated heterocycles. The number of carboxylic acid groups (broad SMARTS) is 1. The SMILES string of the molecule is Cc1cc(C)cc(S(=O)(=O)N2CCCC(C)(C(=O)O)C2)c1. The van der Waals surface area contributed by atoms with Crippen molar-refractivity contribution in [2.75, 3.05) is 13.1 Å². The van der Waals surface area contributed by atoms with Gasteiger partial charge in [-0.2, -0.15) is 4.31 Å². The molecule has 1 fully saturated rings. The van der Waals surface area contributed by atoms with Gasteiger partial charge >= 0.3 is 5.97 Å². The first-order valence-electron chi connectivity index (χ1n) is 6.97. The molecule has 0 saturated carbocycles. The van der Waals surface area contributed by atoms with Crippen LogP contribution in [0.5, 0.6) is 0 Å². The summed E-state index contributed by atoms with van der Waals surface area (Å²) < 4.78 is 26.8. The molecule has 1 N–H and O–H groups in total. The molecule has 0 aliphatic carbocycles. The van der Waals surface area contributed by atoms with Crippen molar-refractivity contribution in [3.8, 4) is 0 Å². The number of hydrogen-bond donors (Lipinski definition) is 1. The average Bonchev–Trinajstić information content (AvgIpc) is 2.37. The van der Waals surface area contributed by atoms with E-state index in [4.69, 9.17) is 0 Å². The fourth-order valence-electron chi connectivity index (χ4n) is 2.80. The summed E-state index contributed by atoms with van der Waals surface area (Å²) in [5.74, 6) is -0.942. The molecule has 0 radical (unpaired) electrons. The zero-order chi connectivity index (χ0) is 15.8. The van der Waals surface area contributed by atoms with Gasteiger partial charge in [-0.3, -0.25) is 4.79 Å². The molecule has 116 valence electrons. The van der Waals surface area contributed by atoms with Crippen LogP contribution in [-0.2, 0) is 14.8 Å². The van der Waals surface area contributed by atoms with E-state index < -0.39 is 21.4 Å². The topological polar surface area (TPSA) is 74.7 Å². The van der Waals surface area contributed by atoms with Crippen molar-refractivity contribution in [1.29, 1.82) is 0 Å². The van der Waals surface area contributed by atoms with Crippen LogP contribution in [0.25, 0.3) is 0 Å². The number of aliphatic carboxylic acids is 1. The van der Waals surface area contributed by atoms with Crippen molar-refractivity contribution in [2.24, 2.45) is 5.41 Å². The predicted molar refractivity (Wildman–Crippen MR) is 79.7 cm³/mol. The maximum absolute atomic E-state index is 12.7. The number of hydrogen-bond acceptors (Lipinski definition) is 3. The molecule has 0 bridgehead atoms. The van der Waals surface area contributed by atoms with Crippen molar-refractivity contribution in [1.82, 2.24) is 4.31 Å². The lowest BCUT2D eigenvalue weighted by atomic mass is 9.83. The molecule has 1 heterocycles. The third kappa shape index (κ3) is 3.11. The van der Waals surface area contributed by atoms with Crippen molar-refractivity contribution in [2.45, 2.75) is 38.5 Å². The van der Waals surface area contributed by atoms with E-state index >= 15 is 0 Å². The molecule has 0 aromatic heterocycles. The molecule has 1 aliphatic heterocycles. The lowest BCUT2D eigenvalue weighted by Crippen LogP contribution is -2.48. The van der Waals surface area contributed by atoms with Crippen molar-refractivity contribution in [3.05, 3.63) is 29.3 Å². The quantitative estimate of drug-likeness (QED) is 0.928. The van der Waals surface area contributed by atoms with Crippen LogP contribution in [-0.4, -0.2) is 36.9 Å². The molecule has 1 aromatic carbocycles. The summed E-state index contributed by atoms with van der Waals surface area (Å²) >= 11 is 0. The standard InChI is InChI=1S/C15H21NO4S/c1-11-7-12(2)9-13(8-11)21(19,20)16-6-4-5-15(3,10-16)14(17)18/h7-9H,4-6,10H2,1-3H3,(H,17,18). The molecular weight excluding hydrogens is 290 g/mol. The second kappa shape index (κ2) is 5.42. The summed E-state index contributed by atoms with van der Waals surface area (Å²) in [6.45, 7) is 5.71. The predicted octanol–water partition coefficient (Wildman–Crippen LogP) is 2.18. The number of rotatable bonds is 3. The van der Waals surface area contributed by atoms with Crippen LogP contribution in [0.2, 0.25) is 0 Å². The van der Waals surface area contributed by atoms with E-state index in [1.165, 1.54) is 4.31 Å². The Hall–Kier alpha value is -1.40. The Bertz CT molecular complexity index is 648. The Labute approximate surface area is 125 Å². The summed E-state index contributed by atoms with van der Waals surface area (Å²) in [5, 5.41) is 9.32. The summed E-state index contributed by atoms with van der Waals surface area (Å²) in [6.07, 6.45) is 1.06. The molecular formula is C15H21NO4S. The summed E-state index contributed by atoms with van der Waals surface area (Å²) in [4.78, 5) is 11.6. The lowest BCUT2D eigenvalue weighted by molar-refractivity contribution is -0.150. The first-order chi connectivity index (χ1) is 9.65. The average molecular weight is 311 g/mol. The molecule has 1 atom stereocenters. The van der Waals surface area contributed by atoms with Gasteiger partial charge in [0, 0.05) is 13.1 Å². The third-order valence-corrected chi connectivity index (χ3v) is 5.83. The van der Waals surface area contributed by atoms with Crippen molar-refractivity contribution in [3.63, 3.8) is 0 Å². The van der Waals surface area contributed by atoms with Crippen LogP contribution >= 0.6 is 0 Å². The molecule has 1 unspecified atom stereocenters. The van der Waals surface area contributed by atoms with Crippen LogP contribution in [0.1, 0.15) is 30.9 Å². The molecule has 5 nitrogen and oxygen atoms in total. The Morgan fingerprint density at radius 1 is 1.24 bits per heavy atom. The first-order valence-corrected chi connectivity index (χ1v) is 8.41. The van der Waals surface area contributed by atoms with Gasteiger partial charge in [-0.15, -0.1) is 0 Å². The monoisotopic (exact) mass is 311 g/mol. The molecule has 0 amide bonds. The second-order valence-electron chi connectivity index (χ2n) is 6.13. The maximum Gasteiger partial charge on any atom is 0.310 e. The van der Waals surface area contributed by atoms with E-state index in [0.717, 1.165) is 11.1 Å². The van der Waals surface area contributed by atoms with Gasteiger partial charge in [-0.25, -0.2) is 8.42 Å². The van der Waals surface area contributed by atoms with Gasteiger partial charge in [0.15, 0.2) is 0 Å². The summed E-state index contributed by atoms with van der Waals surface area (Å²) in [6, 6.07) is 5.18. The number of piperidine rings is 1. The minimum atomic E-state index is -3.64. The first kappa shape index (κ1) is 16.0. The van der Waals surface area contributed by atoms with Crippen LogP contribution in [0.15, 0.2) is 23.1 Å². The minimum absolute atomic E-state index is 0.0255. The summed E-state index contributed by atoms with van der Waals surface area (Å²) in [5.41, 5.74) is 0.752. The van der Waals surface area contributed by atoms with Gasteiger partial charge in [0.2, 0.25) is 10.0 Å². The van der Waals surface area contributed by atoms with E-state index in [1.54, 1.807) is 19.1 Å². The van der Waals surface area contributed by atoms with Gasteiger partial charge < -0.3 is 5.11 Å². The van der Waals surface area contributed by atoms with E-state index in [0.29, 0.717) is 19.4 Å². The van der Waals surface area contributed by atoms with Crippen LogP contribution in [0.3, 0.4) is 0 Å². The van der Waals surface area contributed by atoms with Crippen LogP contribution in [0.4, 0.5) is 0 Å². The van der Waals surface area contributed by atoms with Gasteiger partial charge in [0.25, 0.3) is 0 Å². The van der Waals surface area contributed by atoms with Crippen LogP contribution in [0, 0.1) is 19.3 Å². The zero-order valence-corrected chi connectivity index (χ0v) is 13.4. The lowest BCUT2D eigenvalue weighted by Gasteiger charge is -2.36. The van der Waals surface area contributed by atoms with Gasteiger partial charge in [-0.1, -0.05) is 6.07 Å². The number of sulfonamides is 1. The van der Waals surface area contributed by atoms with Crippen LogP contribution < -0.4 is 0 Å². The number of aryl methyl sites for hydroxylation is 2. The minimum Gasteiger partial charge on any atom is -0.481 e. The number of nitrogens with zero attached hydrogens (tertiary/aromatic N) is 1.